The minimum atomic E-state index is -4.46. The second-order valence-electron chi connectivity index (χ2n) is 5.62. The van der Waals surface area contributed by atoms with Crippen molar-refractivity contribution in [2.24, 2.45) is 0 Å². The van der Waals surface area contributed by atoms with Crippen LogP contribution in [0.3, 0.4) is 0 Å². The zero-order valence-electron chi connectivity index (χ0n) is 11.9. The molecule has 2 nitrogen and oxygen atoms in total. The van der Waals surface area contributed by atoms with Crippen LogP contribution in [0.4, 0.5) is 23.2 Å². The minimum Gasteiger partial charge on any atom is -0.380 e. The molecule has 0 saturated carbocycles. The lowest BCUT2D eigenvalue weighted by molar-refractivity contribution is -0.137. The predicted molar refractivity (Wildman–Crippen MR) is 74.7 cm³/mol. The fourth-order valence-electron chi connectivity index (χ4n) is 2.69. The summed E-state index contributed by atoms with van der Waals surface area (Å²) in [6, 6.07) is 2.69. The molecule has 1 aliphatic rings. The second-order valence-corrected chi connectivity index (χ2v) is 5.62. The molecular formula is C15H20F4N2. The zero-order valence-corrected chi connectivity index (χ0v) is 11.9. The van der Waals surface area contributed by atoms with Crippen molar-refractivity contribution in [3.8, 4) is 0 Å². The van der Waals surface area contributed by atoms with E-state index in [2.05, 4.69) is 10.6 Å². The molecule has 1 heterocycles. The van der Waals surface area contributed by atoms with Crippen molar-refractivity contribution >= 4 is 5.69 Å². The Labute approximate surface area is 121 Å². The van der Waals surface area contributed by atoms with Crippen molar-refractivity contribution < 1.29 is 17.6 Å². The van der Waals surface area contributed by atoms with Crippen molar-refractivity contribution in [1.29, 1.82) is 0 Å². The Balaban J connectivity index is 2.00. The van der Waals surface area contributed by atoms with E-state index in [1.165, 1.54) is 0 Å². The molecule has 0 aromatic heterocycles. The molecule has 118 valence electrons. The van der Waals surface area contributed by atoms with Gasteiger partial charge >= 0.3 is 6.18 Å². The molecule has 1 saturated heterocycles. The fraction of sp³-hybridized carbons (Fsp3) is 0.600. The van der Waals surface area contributed by atoms with Crippen molar-refractivity contribution in [2.75, 3.05) is 11.9 Å². The average molecular weight is 304 g/mol. The Hall–Kier alpha value is -1.30. The summed E-state index contributed by atoms with van der Waals surface area (Å²) in [6.45, 7) is 2.82. The molecule has 0 bridgehead atoms. The van der Waals surface area contributed by atoms with Gasteiger partial charge in [-0.3, -0.25) is 0 Å². The van der Waals surface area contributed by atoms with E-state index in [9.17, 15) is 17.6 Å². The van der Waals surface area contributed by atoms with E-state index in [1.54, 1.807) is 0 Å². The molecule has 0 radical (unpaired) electrons. The summed E-state index contributed by atoms with van der Waals surface area (Å²) < 4.78 is 51.6. The van der Waals surface area contributed by atoms with Crippen LogP contribution in [-0.4, -0.2) is 18.6 Å². The first-order valence-electron chi connectivity index (χ1n) is 7.23. The highest BCUT2D eigenvalue weighted by molar-refractivity contribution is 5.48. The summed E-state index contributed by atoms with van der Waals surface area (Å²) in [4.78, 5) is 0. The predicted octanol–water partition coefficient (Wildman–Crippen LogP) is 4.18. The van der Waals surface area contributed by atoms with Crippen LogP contribution in [0.1, 0.15) is 38.2 Å². The highest BCUT2D eigenvalue weighted by atomic mass is 19.4. The first-order chi connectivity index (χ1) is 9.86. The van der Waals surface area contributed by atoms with Gasteiger partial charge in [-0.25, -0.2) is 4.39 Å². The monoisotopic (exact) mass is 304 g/mol. The van der Waals surface area contributed by atoms with E-state index in [4.69, 9.17) is 0 Å². The minimum absolute atomic E-state index is 0.0897. The fourth-order valence-corrected chi connectivity index (χ4v) is 2.69. The molecule has 2 atom stereocenters. The van der Waals surface area contributed by atoms with Crippen molar-refractivity contribution in [3.05, 3.63) is 29.6 Å². The highest BCUT2D eigenvalue weighted by Crippen LogP contribution is 2.32. The Morgan fingerprint density at radius 3 is 2.71 bits per heavy atom. The molecule has 21 heavy (non-hydrogen) atoms. The lowest BCUT2D eigenvalue weighted by atomic mass is 9.98. The number of halogens is 4. The van der Waals surface area contributed by atoms with E-state index >= 15 is 0 Å². The van der Waals surface area contributed by atoms with Crippen molar-refractivity contribution in [1.82, 2.24) is 5.32 Å². The molecule has 0 spiro atoms. The molecule has 1 aromatic rings. The smallest absolute Gasteiger partial charge is 0.380 e. The molecule has 1 fully saturated rings. The van der Waals surface area contributed by atoms with Crippen LogP contribution < -0.4 is 10.6 Å². The average Bonchev–Trinajstić information content (AvgIpc) is 2.41. The summed E-state index contributed by atoms with van der Waals surface area (Å²) in [7, 11) is 0. The van der Waals surface area contributed by atoms with Gasteiger partial charge in [-0.2, -0.15) is 13.2 Å². The SMILES string of the molecule is CC(CC1CCCCN1)Nc1cc(C(F)(F)F)ccc1F. The number of hydrogen-bond acceptors (Lipinski definition) is 2. The molecule has 2 N–H and O–H groups in total. The van der Waals surface area contributed by atoms with E-state index in [0.29, 0.717) is 6.04 Å². The van der Waals surface area contributed by atoms with Gasteiger partial charge in [0, 0.05) is 12.1 Å². The number of hydrogen-bond donors (Lipinski definition) is 2. The van der Waals surface area contributed by atoms with Gasteiger partial charge in [0.15, 0.2) is 0 Å². The number of benzene rings is 1. The van der Waals surface area contributed by atoms with Crippen molar-refractivity contribution in [3.63, 3.8) is 0 Å². The maximum atomic E-state index is 13.7. The summed E-state index contributed by atoms with van der Waals surface area (Å²) in [5.74, 6) is -0.661. The topological polar surface area (TPSA) is 24.1 Å². The maximum Gasteiger partial charge on any atom is 0.416 e. The lowest BCUT2D eigenvalue weighted by Gasteiger charge is -2.27. The number of piperidine rings is 1. The van der Waals surface area contributed by atoms with E-state index < -0.39 is 17.6 Å². The Morgan fingerprint density at radius 1 is 1.33 bits per heavy atom. The third-order valence-corrected chi connectivity index (χ3v) is 3.75. The third-order valence-electron chi connectivity index (χ3n) is 3.75. The number of nitrogens with one attached hydrogen (secondary N) is 2. The number of rotatable bonds is 4. The lowest BCUT2D eigenvalue weighted by Crippen LogP contribution is -2.37. The second kappa shape index (κ2) is 6.64. The molecule has 0 amide bonds. The van der Waals surface area contributed by atoms with Gasteiger partial charge < -0.3 is 10.6 Å². The first-order valence-corrected chi connectivity index (χ1v) is 7.23. The van der Waals surface area contributed by atoms with Crippen LogP contribution in [0, 0.1) is 5.82 Å². The quantitative estimate of drug-likeness (QED) is 0.816. The van der Waals surface area contributed by atoms with E-state index in [-0.39, 0.29) is 11.7 Å². The molecule has 2 rings (SSSR count). The van der Waals surface area contributed by atoms with Gasteiger partial charge in [0.2, 0.25) is 0 Å². The molecule has 6 heteroatoms. The van der Waals surface area contributed by atoms with Crippen LogP contribution in [0.2, 0.25) is 0 Å². The molecule has 0 aliphatic carbocycles. The van der Waals surface area contributed by atoms with Gasteiger partial charge in [-0.15, -0.1) is 0 Å². The third kappa shape index (κ3) is 4.59. The van der Waals surface area contributed by atoms with Gasteiger partial charge in [-0.1, -0.05) is 6.42 Å². The molecule has 2 unspecified atom stereocenters. The van der Waals surface area contributed by atoms with Crippen LogP contribution >= 0.6 is 0 Å². The van der Waals surface area contributed by atoms with Crippen LogP contribution in [0.25, 0.3) is 0 Å². The molecule has 1 aromatic carbocycles. The summed E-state index contributed by atoms with van der Waals surface area (Å²) in [6.07, 6.45) is -0.339. The first kappa shape index (κ1) is 16.1. The maximum absolute atomic E-state index is 13.7. The summed E-state index contributed by atoms with van der Waals surface area (Å²) in [5.41, 5.74) is -0.928. The molecular weight excluding hydrogens is 284 g/mol. The van der Waals surface area contributed by atoms with E-state index in [0.717, 1.165) is 50.4 Å². The van der Waals surface area contributed by atoms with Crippen LogP contribution in [0.5, 0.6) is 0 Å². The van der Waals surface area contributed by atoms with Crippen molar-refractivity contribution in [2.45, 2.75) is 50.9 Å². The Morgan fingerprint density at radius 2 is 2.10 bits per heavy atom. The standard InChI is InChI=1S/C15H20F4N2/c1-10(8-12-4-2-3-7-20-12)21-14-9-11(15(17,18)19)5-6-13(14)16/h5-6,9-10,12,20-21H,2-4,7-8H2,1H3. The van der Waals surface area contributed by atoms with E-state index in [1.807, 2.05) is 6.92 Å². The number of alkyl halides is 3. The highest BCUT2D eigenvalue weighted by Gasteiger charge is 2.31. The molecule has 1 aliphatic heterocycles. The van der Waals surface area contributed by atoms with Gasteiger partial charge in [-0.05, 0) is 50.9 Å². The van der Waals surface area contributed by atoms with Crippen LogP contribution in [-0.2, 0) is 6.18 Å². The summed E-state index contributed by atoms with van der Waals surface area (Å²) >= 11 is 0. The Bertz CT molecular complexity index is 467. The Kier molecular flexibility index (Phi) is 5.08. The van der Waals surface area contributed by atoms with Crippen LogP contribution in [0.15, 0.2) is 18.2 Å². The zero-order chi connectivity index (χ0) is 15.5. The normalized spacial score (nSPS) is 21.1. The van der Waals surface area contributed by atoms with Gasteiger partial charge in [0.25, 0.3) is 0 Å². The summed E-state index contributed by atoms with van der Waals surface area (Å²) in [5, 5.41) is 6.23. The van der Waals surface area contributed by atoms with Gasteiger partial charge in [0.1, 0.15) is 5.82 Å². The largest absolute Gasteiger partial charge is 0.416 e. The van der Waals surface area contributed by atoms with Gasteiger partial charge in [0.05, 0.1) is 11.3 Å². The number of anilines is 1.